The molecule has 1 atom stereocenters. The van der Waals surface area contributed by atoms with Crippen LogP contribution in [0, 0.1) is 12.8 Å². The van der Waals surface area contributed by atoms with Crippen LogP contribution in [0.25, 0.3) is 0 Å². The van der Waals surface area contributed by atoms with E-state index in [9.17, 15) is 0 Å². The first-order chi connectivity index (χ1) is 8.28. The highest BCUT2D eigenvalue weighted by molar-refractivity contribution is 5.12. The van der Waals surface area contributed by atoms with Gasteiger partial charge in [-0.2, -0.15) is 0 Å². The Morgan fingerprint density at radius 1 is 1.47 bits per heavy atom. The number of piperidine rings is 1. The van der Waals surface area contributed by atoms with Crippen molar-refractivity contribution in [2.45, 2.75) is 26.2 Å². The average molecular weight is 234 g/mol. The Balaban J connectivity index is 1.87. The van der Waals surface area contributed by atoms with E-state index in [2.05, 4.69) is 28.9 Å². The van der Waals surface area contributed by atoms with Gasteiger partial charge >= 0.3 is 0 Å². The van der Waals surface area contributed by atoms with E-state index in [0.29, 0.717) is 5.92 Å². The predicted octanol–water partition coefficient (Wildman–Crippen LogP) is 1.64. The number of rotatable bonds is 4. The summed E-state index contributed by atoms with van der Waals surface area (Å²) < 4.78 is 0. The molecular formula is C14H22N2O. The van der Waals surface area contributed by atoms with Crippen molar-refractivity contribution in [3.05, 3.63) is 29.6 Å². The van der Waals surface area contributed by atoms with Gasteiger partial charge in [0.2, 0.25) is 0 Å². The molecule has 1 aromatic heterocycles. The first-order valence-corrected chi connectivity index (χ1v) is 6.52. The van der Waals surface area contributed by atoms with Gasteiger partial charge in [-0.05, 0) is 50.3 Å². The number of pyridine rings is 1. The van der Waals surface area contributed by atoms with Crippen molar-refractivity contribution in [1.82, 2.24) is 9.88 Å². The summed E-state index contributed by atoms with van der Waals surface area (Å²) in [6, 6.07) is 4.27. The van der Waals surface area contributed by atoms with Crippen LogP contribution in [0.2, 0.25) is 0 Å². The van der Waals surface area contributed by atoms with Gasteiger partial charge in [0.15, 0.2) is 0 Å². The fraction of sp³-hybridized carbons (Fsp3) is 0.643. The number of aliphatic hydroxyl groups is 1. The molecular weight excluding hydrogens is 212 g/mol. The Hall–Kier alpha value is -0.930. The zero-order chi connectivity index (χ0) is 12.1. The maximum Gasteiger partial charge on any atom is 0.0558 e. The molecule has 0 saturated carbocycles. The van der Waals surface area contributed by atoms with Crippen molar-refractivity contribution in [3.8, 4) is 0 Å². The molecule has 1 aliphatic rings. The van der Waals surface area contributed by atoms with Crippen molar-refractivity contribution >= 4 is 0 Å². The highest BCUT2D eigenvalue weighted by atomic mass is 16.3. The van der Waals surface area contributed by atoms with E-state index < -0.39 is 0 Å². The summed E-state index contributed by atoms with van der Waals surface area (Å²) >= 11 is 0. The molecule has 1 aliphatic heterocycles. The summed E-state index contributed by atoms with van der Waals surface area (Å²) in [6.07, 6.45) is 5.56. The van der Waals surface area contributed by atoms with Crippen LogP contribution in [0.4, 0.5) is 0 Å². The molecule has 2 rings (SSSR count). The number of hydrogen-bond acceptors (Lipinski definition) is 3. The van der Waals surface area contributed by atoms with Crippen LogP contribution in [0.15, 0.2) is 18.3 Å². The number of hydrogen-bond donors (Lipinski definition) is 1. The summed E-state index contributed by atoms with van der Waals surface area (Å²) in [5, 5.41) is 8.97. The molecule has 0 radical (unpaired) electrons. The van der Waals surface area contributed by atoms with Crippen molar-refractivity contribution in [3.63, 3.8) is 0 Å². The number of aryl methyl sites for hydroxylation is 1. The number of aromatic nitrogens is 1. The Morgan fingerprint density at radius 3 is 3.06 bits per heavy atom. The van der Waals surface area contributed by atoms with Gasteiger partial charge in [-0.1, -0.05) is 6.07 Å². The largest absolute Gasteiger partial charge is 0.395 e. The number of nitrogens with zero attached hydrogens (tertiary/aromatic N) is 2. The minimum atomic E-state index is 0.273. The standard InChI is InChI=1S/C14H22N2O/c1-12-4-5-14(15-10-12)9-13-3-2-6-16(11-13)7-8-17/h4-5,10,13,17H,2-3,6-9,11H2,1H3. The third kappa shape index (κ3) is 3.79. The molecule has 1 N–H and O–H groups in total. The maximum absolute atomic E-state index is 8.97. The van der Waals surface area contributed by atoms with Gasteiger partial charge in [0.1, 0.15) is 0 Å². The van der Waals surface area contributed by atoms with Crippen LogP contribution in [0.1, 0.15) is 24.1 Å². The summed E-state index contributed by atoms with van der Waals surface area (Å²) in [7, 11) is 0. The summed E-state index contributed by atoms with van der Waals surface area (Å²) in [4.78, 5) is 6.84. The molecule has 0 amide bonds. The molecule has 2 heterocycles. The van der Waals surface area contributed by atoms with Crippen LogP contribution in [-0.2, 0) is 6.42 Å². The SMILES string of the molecule is Cc1ccc(CC2CCCN(CCO)C2)nc1. The fourth-order valence-electron chi connectivity index (χ4n) is 2.58. The molecule has 1 unspecified atom stereocenters. The van der Waals surface area contributed by atoms with Crippen LogP contribution in [0.5, 0.6) is 0 Å². The lowest BCUT2D eigenvalue weighted by Gasteiger charge is -2.32. The Bertz CT molecular complexity index is 335. The van der Waals surface area contributed by atoms with E-state index in [4.69, 9.17) is 5.11 Å². The first kappa shape index (κ1) is 12.5. The normalized spacial score (nSPS) is 21.6. The van der Waals surface area contributed by atoms with Crippen molar-refractivity contribution < 1.29 is 5.11 Å². The van der Waals surface area contributed by atoms with Crippen LogP contribution < -0.4 is 0 Å². The maximum atomic E-state index is 8.97. The number of likely N-dealkylation sites (tertiary alicyclic amines) is 1. The fourth-order valence-corrected chi connectivity index (χ4v) is 2.58. The second-order valence-electron chi connectivity index (χ2n) is 5.06. The molecule has 94 valence electrons. The monoisotopic (exact) mass is 234 g/mol. The molecule has 0 aliphatic carbocycles. The molecule has 3 heteroatoms. The molecule has 17 heavy (non-hydrogen) atoms. The predicted molar refractivity (Wildman–Crippen MR) is 68.9 cm³/mol. The molecule has 1 aromatic rings. The average Bonchev–Trinajstić information content (AvgIpc) is 2.33. The lowest BCUT2D eigenvalue weighted by Crippen LogP contribution is -2.37. The van der Waals surface area contributed by atoms with Gasteiger partial charge in [0.25, 0.3) is 0 Å². The minimum Gasteiger partial charge on any atom is -0.395 e. The van der Waals surface area contributed by atoms with Crippen LogP contribution in [-0.4, -0.2) is 41.2 Å². The van der Waals surface area contributed by atoms with Gasteiger partial charge in [0, 0.05) is 25.0 Å². The Morgan fingerprint density at radius 2 is 2.35 bits per heavy atom. The van der Waals surface area contributed by atoms with Gasteiger partial charge in [-0.3, -0.25) is 4.98 Å². The van der Waals surface area contributed by atoms with Crippen molar-refractivity contribution in [2.24, 2.45) is 5.92 Å². The van der Waals surface area contributed by atoms with E-state index in [1.54, 1.807) is 0 Å². The second kappa shape index (κ2) is 6.12. The Kier molecular flexibility index (Phi) is 4.51. The van der Waals surface area contributed by atoms with E-state index in [-0.39, 0.29) is 6.61 Å². The zero-order valence-corrected chi connectivity index (χ0v) is 10.6. The van der Waals surface area contributed by atoms with E-state index >= 15 is 0 Å². The summed E-state index contributed by atoms with van der Waals surface area (Å²) in [5.41, 5.74) is 2.42. The minimum absolute atomic E-state index is 0.273. The Labute approximate surface area is 103 Å². The smallest absolute Gasteiger partial charge is 0.0558 e. The molecule has 1 saturated heterocycles. The van der Waals surface area contributed by atoms with Gasteiger partial charge in [0.05, 0.1) is 6.61 Å². The van der Waals surface area contributed by atoms with Crippen molar-refractivity contribution in [2.75, 3.05) is 26.2 Å². The highest BCUT2D eigenvalue weighted by Crippen LogP contribution is 2.19. The van der Waals surface area contributed by atoms with Crippen LogP contribution in [0.3, 0.4) is 0 Å². The lowest BCUT2D eigenvalue weighted by atomic mass is 9.93. The zero-order valence-electron chi connectivity index (χ0n) is 10.6. The number of aliphatic hydroxyl groups excluding tert-OH is 1. The second-order valence-corrected chi connectivity index (χ2v) is 5.06. The molecule has 1 fully saturated rings. The lowest BCUT2D eigenvalue weighted by molar-refractivity contribution is 0.139. The van der Waals surface area contributed by atoms with Gasteiger partial charge in [-0.15, -0.1) is 0 Å². The first-order valence-electron chi connectivity index (χ1n) is 6.52. The van der Waals surface area contributed by atoms with E-state index in [1.165, 1.54) is 24.1 Å². The molecule has 0 spiro atoms. The van der Waals surface area contributed by atoms with E-state index in [1.807, 2.05) is 6.20 Å². The van der Waals surface area contributed by atoms with Crippen molar-refractivity contribution in [1.29, 1.82) is 0 Å². The summed E-state index contributed by atoms with van der Waals surface area (Å²) in [5.74, 6) is 0.700. The van der Waals surface area contributed by atoms with E-state index in [0.717, 1.165) is 26.1 Å². The van der Waals surface area contributed by atoms with Gasteiger partial charge < -0.3 is 10.0 Å². The molecule has 3 nitrogen and oxygen atoms in total. The summed E-state index contributed by atoms with van der Waals surface area (Å²) in [6.45, 7) is 5.40. The van der Waals surface area contributed by atoms with Gasteiger partial charge in [-0.25, -0.2) is 0 Å². The highest BCUT2D eigenvalue weighted by Gasteiger charge is 2.19. The molecule has 0 aromatic carbocycles. The quantitative estimate of drug-likeness (QED) is 0.860. The van der Waals surface area contributed by atoms with Crippen LogP contribution >= 0.6 is 0 Å². The molecule has 0 bridgehead atoms. The topological polar surface area (TPSA) is 36.4 Å². The number of β-amino-alcohol motifs (C(OH)–C–C–N with tert-alkyl or cyclic N) is 1. The third-order valence-corrected chi connectivity index (χ3v) is 3.49. The third-order valence-electron chi connectivity index (χ3n) is 3.49.